The Labute approximate surface area is 80.5 Å². The van der Waals surface area contributed by atoms with Crippen molar-refractivity contribution in [3.63, 3.8) is 0 Å². The number of rotatable bonds is 4. The maximum absolute atomic E-state index is 11.0. The molecule has 0 aliphatic rings. The third kappa shape index (κ3) is 5.32. The Kier molecular flexibility index (Phi) is 6.02. The van der Waals surface area contributed by atoms with Crippen molar-refractivity contribution in [1.29, 1.82) is 0 Å². The molecule has 1 N–H and O–H groups in total. The summed E-state index contributed by atoms with van der Waals surface area (Å²) in [5.41, 5.74) is 0.514. The smallest absolute Gasteiger partial charge is 0.334 e. The third-order valence-corrected chi connectivity index (χ3v) is 1.94. The topological polar surface area (TPSA) is 46.5 Å². The predicted octanol–water partition coefficient (Wildman–Crippen LogP) is 1.60. The summed E-state index contributed by atoms with van der Waals surface area (Å²) in [5.74, 6) is -0.354. The van der Waals surface area contributed by atoms with Gasteiger partial charge in [0.1, 0.15) is 0 Å². The highest BCUT2D eigenvalue weighted by molar-refractivity contribution is 9.11. The van der Waals surface area contributed by atoms with Gasteiger partial charge < -0.3 is 9.84 Å². The van der Waals surface area contributed by atoms with Crippen LogP contribution in [0.2, 0.25) is 0 Å². The lowest BCUT2D eigenvalue weighted by molar-refractivity contribution is -0.139. The van der Waals surface area contributed by atoms with Crippen molar-refractivity contribution in [3.8, 4) is 0 Å². The minimum absolute atomic E-state index is 0.259. The van der Waals surface area contributed by atoms with Gasteiger partial charge in [-0.2, -0.15) is 0 Å². The molecule has 1 unspecified atom stereocenters. The molecule has 0 heterocycles. The number of aliphatic hydroxyl groups excluding tert-OH is 1. The standard InChI is InChI=1S/C8H13BrO3/c1-6(5-9)8(11)12-4-3-7(2)10/h5,7,10H,3-4H2,1-2H3/b6-5+. The molecule has 0 aromatic heterocycles. The first kappa shape index (κ1) is 11.6. The lowest BCUT2D eigenvalue weighted by atomic mass is 10.3. The Morgan fingerprint density at radius 1 is 1.75 bits per heavy atom. The Morgan fingerprint density at radius 2 is 2.33 bits per heavy atom. The van der Waals surface area contributed by atoms with Crippen LogP contribution in [0, 0.1) is 0 Å². The van der Waals surface area contributed by atoms with E-state index in [0.717, 1.165) is 0 Å². The van der Waals surface area contributed by atoms with Crippen molar-refractivity contribution < 1.29 is 14.6 Å². The first-order valence-corrected chi connectivity index (χ1v) is 4.61. The zero-order valence-corrected chi connectivity index (χ0v) is 8.80. The molecule has 4 heteroatoms. The number of ether oxygens (including phenoxy) is 1. The summed E-state index contributed by atoms with van der Waals surface area (Å²) in [6, 6.07) is 0. The van der Waals surface area contributed by atoms with Crippen molar-refractivity contribution in [3.05, 3.63) is 10.6 Å². The average molecular weight is 237 g/mol. The average Bonchev–Trinajstić information content (AvgIpc) is 2.02. The van der Waals surface area contributed by atoms with Crippen LogP contribution in [0.25, 0.3) is 0 Å². The normalized spacial score (nSPS) is 14.2. The Bertz CT molecular complexity index is 175. The number of carbonyl (C=O) groups excluding carboxylic acids is 1. The van der Waals surface area contributed by atoms with Crippen molar-refractivity contribution in [2.45, 2.75) is 26.4 Å². The fraction of sp³-hybridized carbons (Fsp3) is 0.625. The molecule has 0 fully saturated rings. The molecule has 0 aliphatic heterocycles. The highest BCUT2D eigenvalue weighted by Crippen LogP contribution is 2.01. The fourth-order valence-electron chi connectivity index (χ4n) is 0.481. The summed E-state index contributed by atoms with van der Waals surface area (Å²) in [6.07, 6.45) is 0.0486. The van der Waals surface area contributed by atoms with E-state index in [0.29, 0.717) is 12.0 Å². The molecule has 0 radical (unpaired) electrons. The van der Waals surface area contributed by atoms with E-state index < -0.39 is 6.10 Å². The highest BCUT2D eigenvalue weighted by Gasteiger charge is 2.04. The van der Waals surface area contributed by atoms with E-state index in [2.05, 4.69) is 15.9 Å². The molecule has 0 aliphatic carbocycles. The van der Waals surface area contributed by atoms with Gasteiger partial charge in [0.2, 0.25) is 0 Å². The van der Waals surface area contributed by atoms with Crippen LogP contribution >= 0.6 is 15.9 Å². The van der Waals surface area contributed by atoms with Crippen LogP contribution in [-0.4, -0.2) is 23.8 Å². The van der Waals surface area contributed by atoms with E-state index in [1.54, 1.807) is 13.8 Å². The van der Waals surface area contributed by atoms with Crippen molar-refractivity contribution >= 4 is 21.9 Å². The minimum atomic E-state index is -0.425. The van der Waals surface area contributed by atoms with Crippen LogP contribution in [0.15, 0.2) is 10.6 Å². The molecule has 0 amide bonds. The summed E-state index contributed by atoms with van der Waals surface area (Å²) in [4.78, 5) is 12.5. The molecule has 3 nitrogen and oxygen atoms in total. The minimum Gasteiger partial charge on any atom is -0.462 e. The van der Waals surface area contributed by atoms with Crippen molar-refractivity contribution in [2.75, 3.05) is 6.61 Å². The zero-order chi connectivity index (χ0) is 9.56. The van der Waals surface area contributed by atoms with Crippen molar-refractivity contribution in [1.82, 2.24) is 0 Å². The van der Waals surface area contributed by atoms with Gasteiger partial charge in [-0.05, 0) is 18.8 Å². The quantitative estimate of drug-likeness (QED) is 0.596. The van der Waals surface area contributed by atoms with Crippen LogP contribution in [0.3, 0.4) is 0 Å². The van der Waals surface area contributed by atoms with Crippen LogP contribution in [-0.2, 0) is 9.53 Å². The van der Waals surface area contributed by atoms with E-state index in [1.165, 1.54) is 4.99 Å². The molecule has 12 heavy (non-hydrogen) atoms. The number of hydrogen-bond donors (Lipinski definition) is 1. The molecule has 0 aromatic rings. The van der Waals surface area contributed by atoms with Crippen LogP contribution < -0.4 is 0 Å². The van der Waals surface area contributed by atoms with E-state index in [-0.39, 0.29) is 12.6 Å². The van der Waals surface area contributed by atoms with Gasteiger partial charge in [0, 0.05) is 12.0 Å². The summed E-state index contributed by atoms with van der Waals surface area (Å²) in [5, 5.41) is 8.85. The van der Waals surface area contributed by atoms with Crippen LogP contribution in [0.5, 0.6) is 0 Å². The van der Waals surface area contributed by atoms with Crippen LogP contribution in [0.1, 0.15) is 20.3 Å². The van der Waals surface area contributed by atoms with E-state index in [9.17, 15) is 4.79 Å². The molecular formula is C8H13BrO3. The van der Waals surface area contributed by atoms with Gasteiger partial charge in [-0.3, -0.25) is 0 Å². The Morgan fingerprint density at radius 3 is 2.75 bits per heavy atom. The molecule has 0 spiro atoms. The number of aliphatic hydroxyl groups is 1. The second-order valence-electron chi connectivity index (χ2n) is 2.57. The molecule has 0 aromatic carbocycles. The number of hydrogen-bond acceptors (Lipinski definition) is 3. The third-order valence-electron chi connectivity index (χ3n) is 1.25. The van der Waals surface area contributed by atoms with Gasteiger partial charge in [-0.15, -0.1) is 0 Å². The lowest BCUT2D eigenvalue weighted by Gasteiger charge is -2.05. The molecular weight excluding hydrogens is 224 g/mol. The monoisotopic (exact) mass is 236 g/mol. The van der Waals surface area contributed by atoms with Crippen molar-refractivity contribution in [2.24, 2.45) is 0 Å². The van der Waals surface area contributed by atoms with E-state index >= 15 is 0 Å². The number of halogens is 1. The molecule has 1 atom stereocenters. The van der Waals surface area contributed by atoms with Gasteiger partial charge in [0.15, 0.2) is 0 Å². The van der Waals surface area contributed by atoms with Gasteiger partial charge >= 0.3 is 5.97 Å². The highest BCUT2D eigenvalue weighted by atomic mass is 79.9. The molecule has 0 saturated heterocycles. The Hall–Kier alpha value is -0.350. The van der Waals surface area contributed by atoms with Gasteiger partial charge in [0.25, 0.3) is 0 Å². The maximum atomic E-state index is 11.0. The molecule has 0 rings (SSSR count). The molecule has 0 bridgehead atoms. The van der Waals surface area contributed by atoms with Crippen LogP contribution in [0.4, 0.5) is 0 Å². The number of esters is 1. The summed E-state index contributed by atoms with van der Waals surface area (Å²) in [7, 11) is 0. The summed E-state index contributed by atoms with van der Waals surface area (Å²) >= 11 is 3.02. The lowest BCUT2D eigenvalue weighted by Crippen LogP contribution is -2.11. The predicted molar refractivity (Wildman–Crippen MR) is 49.9 cm³/mol. The Balaban J connectivity index is 3.58. The van der Waals surface area contributed by atoms with Gasteiger partial charge in [-0.1, -0.05) is 15.9 Å². The first-order chi connectivity index (χ1) is 5.57. The summed E-state index contributed by atoms with van der Waals surface area (Å²) < 4.78 is 4.81. The second kappa shape index (κ2) is 6.20. The van der Waals surface area contributed by atoms with E-state index in [1.807, 2.05) is 0 Å². The summed E-state index contributed by atoms with van der Waals surface area (Å²) in [6.45, 7) is 3.56. The molecule has 70 valence electrons. The number of carbonyl (C=O) groups is 1. The largest absolute Gasteiger partial charge is 0.462 e. The van der Waals surface area contributed by atoms with E-state index in [4.69, 9.17) is 9.84 Å². The van der Waals surface area contributed by atoms with Gasteiger partial charge in [0.05, 0.1) is 12.7 Å². The zero-order valence-electron chi connectivity index (χ0n) is 7.21. The maximum Gasteiger partial charge on any atom is 0.334 e. The van der Waals surface area contributed by atoms with Gasteiger partial charge in [-0.25, -0.2) is 4.79 Å². The molecule has 0 saturated carbocycles. The fourth-order valence-corrected chi connectivity index (χ4v) is 0.667. The SMILES string of the molecule is C/C(=C\Br)C(=O)OCCC(C)O. The second-order valence-corrected chi connectivity index (χ2v) is 3.02. The first-order valence-electron chi connectivity index (χ1n) is 3.70.